The Bertz CT molecular complexity index is 664. The van der Waals surface area contributed by atoms with Crippen LogP contribution in [0.2, 0.25) is 0 Å². The molecule has 0 fully saturated rings. The van der Waals surface area contributed by atoms with Crippen LogP contribution < -0.4 is 15.2 Å². The van der Waals surface area contributed by atoms with E-state index in [-0.39, 0.29) is 11.9 Å². The van der Waals surface area contributed by atoms with Gasteiger partial charge in [0.15, 0.2) is 5.78 Å². The fourth-order valence-electron chi connectivity index (χ4n) is 2.47. The van der Waals surface area contributed by atoms with Gasteiger partial charge in [0.05, 0.1) is 18.6 Å². The smallest absolute Gasteiger partial charge is 0.170 e. The van der Waals surface area contributed by atoms with Crippen molar-refractivity contribution in [2.45, 2.75) is 19.4 Å². The summed E-state index contributed by atoms with van der Waals surface area (Å²) >= 11 is 0. The van der Waals surface area contributed by atoms with E-state index in [2.05, 4.69) is 0 Å². The molecule has 108 valence electrons. The number of rotatable bonds is 3. The van der Waals surface area contributed by atoms with Crippen molar-refractivity contribution in [1.29, 1.82) is 0 Å². The van der Waals surface area contributed by atoms with E-state index in [1.165, 1.54) is 0 Å². The van der Waals surface area contributed by atoms with Gasteiger partial charge in [-0.25, -0.2) is 0 Å². The van der Waals surface area contributed by atoms with Gasteiger partial charge in [0.2, 0.25) is 0 Å². The lowest BCUT2D eigenvalue weighted by Crippen LogP contribution is -2.20. The number of fused-ring (bicyclic) bond motifs is 1. The minimum atomic E-state index is -0.275. The average molecular weight is 283 g/mol. The van der Waals surface area contributed by atoms with Crippen LogP contribution in [0.3, 0.4) is 0 Å². The maximum atomic E-state index is 12.2. The second-order valence-electron chi connectivity index (χ2n) is 4.99. The molecule has 0 saturated carbocycles. The molecular weight excluding hydrogens is 266 g/mol. The molecule has 1 unspecified atom stereocenters. The summed E-state index contributed by atoms with van der Waals surface area (Å²) in [5, 5.41) is 0. The fourth-order valence-corrected chi connectivity index (χ4v) is 2.47. The molecule has 1 aliphatic heterocycles. The number of ether oxygens (including phenoxy) is 2. The Hall–Kier alpha value is -2.49. The van der Waals surface area contributed by atoms with Gasteiger partial charge in [-0.1, -0.05) is 12.1 Å². The molecule has 0 spiro atoms. The summed E-state index contributed by atoms with van der Waals surface area (Å²) in [6, 6.07) is 12.8. The molecule has 2 aromatic rings. The van der Waals surface area contributed by atoms with Crippen LogP contribution >= 0.6 is 0 Å². The Morgan fingerprint density at radius 2 is 2.00 bits per heavy atom. The molecule has 0 aromatic heterocycles. The zero-order valence-corrected chi connectivity index (χ0v) is 11.8. The Labute approximate surface area is 123 Å². The van der Waals surface area contributed by atoms with Gasteiger partial charge in [-0.2, -0.15) is 0 Å². The minimum absolute atomic E-state index is 0.0788. The van der Waals surface area contributed by atoms with Crippen LogP contribution in [0, 0.1) is 0 Å². The van der Waals surface area contributed by atoms with E-state index in [0.29, 0.717) is 30.0 Å². The average Bonchev–Trinajstić information content (AvgIpc) is 2.48. The monoisotopic (exact) mass is 283 g/mol. The van der Waals surface area contributed by atoms with E-state index >= 15 is 0 Å². The van der Waals surface area contributed by atoms with Crippen LogP contribution in [0.4, 0.5) is 5.69 Å². The van der Waals surface area contributed by atoms with Crippen LogP contribution in [0.15, 0.2) is 42.5 Å². The fraction of sp³-hybridized carbons (Fsp3) is 0.235. The maximum Gasteiger partial charge on any atom is 0.170 e. The first kappa shape index (κ1) is 13.5. The lowest BCUT2D eigenvalue weighted by atomic mass is 9.96. The summed E-state index contributed by atoms with van der Waals surface area (Å²) in [4.78, 5) is 12.2. The number of ketones is 1. The number of carbonyl (C=O) groups is 1. The number of benzene rings is 2. The van der Waals surface area contributed by atoms with Crippen molar-refractivity contribution in [1.82, 2.24) is 0 Å². The van der Waals surface area contributed by atoms with Crippen molar-refractivity contribution in [2.24, 2.45) is 0 Å². The van der Waals surface area contributed by atoms with E-state index in [0.717, 1.165) is 11.3 Å². The van der Waals surface area contributed by atoms with Gasteiger partial charge in [0.1, 0.15) is 17.6 Å². The molecule has 2 aromatic carbocycles. The summed E-state index contributed by atoms with van der Waals surface area (Å²) < 4.78 is 11.3. The highest BCUT2D eigenvalue weighted by Gasteiger charge is 2.27. The third-order valence-electron chi connectivity index (χ3n) is 3.51. The number of Topliss-reactive ketones (excluding diaryl/α,β-unsaturated/α-hetero) is 1. The standard InChI is InChI=1S/C17H17NO3/c1-2-20-13-6-3-11(4-7-13)16-10-15(19)14-8-5-12(18)9-17(14)21-16/h3-9,16H,2,10,18H2,1H3. The van der Waals surface area contributed by atoms with Crippen molar-refractivity contribution in [3.63, 3.8) is 0 Å². The molecule has 3 rings (SSSR count). The van der Waals surface area contributed by atoms with E-state index in [9.17, 15) is 4.79 Å². The molecule has 0 saturated heterocycles. The van der Waals surface area contributed by atoms with E-state index < -0.39 is 0 Å². The van der Waals surface area contributed by atoms with Gasteiger partial charge in [-0.05, 0) is 36.8 Å². The van der Waals surface area contributed by atoms with Gasteiger partial charge in [0.25, 0.3) is 0 Å². The predicted molar refractivity (Wildman–Crippen MR) is 80.8 cm³/mol. The van der Waals surface area contributed by atoms with Gasteiger partial charge < -0.3 is 15.2 Å². The molecule has 2 N–H and O–H groups in total. The van der Waals surface area contributed by atoms with E-state index in [1.807, 2.05) is 31.2 Å². The summed E-state index contributed by atoms with van der Waals surface area (Å²) in [6.07, 6.45) is 0.0627. The summed E-state index contributed by atoms with van der Waals surface area (Å²) in [5.74, 6) is 1.45. The van der Waals surface area contributed by atoms with Crippen LogP contribution in [-0.2, 0) is 0 Å². The molecule has 0 bridgehead atoms. The topological polar surface area (TPSA) is 61.5 Å². The number of anilines is 1. The quantitative estimate of drug-likeness (QED) is 0.877. The lowest BCUT2D eigenvalue weighted by Gasteiger charge is -2.25. The van der Waals surface area contributed by atoms with Crippen LogP contribution in [-0.4, -0.2) is 12.4 Å². The Morgan fingerprint density at radius 1 is 1.24 bits per heavy atom. The van der Waals surface area contributed by atoms with Gasteiger partial charge in [0, 0.05) is 11.8 Å². The third kappa shape index (κ3) is 2.70. The van der Waals surface area contributed by atoms with Crippen molar-refractivity contribution in [3.05, 3.63) is 53.6 Å². The van der Waals surface area contributed by atoms with Gasteiger partial charge >= 0.3 is 0 Å². The zero-order valence-electron chi connectivity index (χ0n) is 11.8. The molecule has 1 aliphatic rings. The molecular formula is C17H17NO3. The highest BCUT2D eigenvalue weighted by Crippen LogP contribution is 2.36. The second-order valence-corrected chi connectivity index (χ2v) is 4.99. The zero-order chi connectivity index (χ0) is 14.8. The van der Waals surface area contributed by atoms with Crippen molar-refractivity contribution >= 4 is 11.5 Å². The maximum absolute atomic E-state index is 12.2. The molecule has 0 aliphatic carbocycles. The van der Waals surface area contributed by atoms with Crippen molar-refractivity contribution < 1.29 is 14.3 Å². The number of carbonyl (C=O) groups excluding carboxylic acids is 1. The van der Waals surface area contributed by atoms with Gasteiger partial charge in [-0.15, -0.1) is 0 Å². The van der Waals surface area contributed by atoms with Crippen molar-refractivity contribution in [2.75, 3.05) is 12.3 Å². The molecule has 1 heterocycles. The SMILES string of the molecule is CCOc1ccc(C2CC(=O)c3ccc(N)cc3O2)cc1. The Morgan fingerprint density at radius 3 is 2.71 bits per heavy atom. The number of hydrogen-bond donors (Lipinski definition) is 1. The number of nitrogen functional groups attached to an aromatic ring is 1. The first-order chi connectivity index (χ1) is 10.2. The summed E-state index contributed by atoms with van der Waals surface area (Å²) in [5.41, 5.74) is 7.91. The molecule has 4 heteroatoms. The third-order valence-corrected chi connectivity index (χ3v) is 3.51. The Balaban J connectivity index is 1.86. The molecule has 21 heavy (non-hydrogen) atoms. The highest BCUT2D eigenvalue weighted by molar-refractivity contribution is 6.00. The van der Waals surface area contributed by atoms with Crippen LogP contribution in [0.25, 0.3) is 0 Å². The lowest BCUT2D eigenvalue weighted by molar-refractivity contribution is 0.0850. The first-order valence-electron chi connectivity index (χ1n) is 6.99. The largest absolute Gasteiger partial charge is 0.494 e. The summed E-state index contributed by atoms with van der Waals surface area (Å²) in [6.45, 7) is 2.57. The molecule has 0 radical (unpaired) electrons. The number of nitrogens with two attached hydrogens (primary N) is 1. The highest BCUT2D eigenvalue weighted by atomic mass is 16.5. The second kappa shape index (κ2) is 5.48. The van der Waals surface area contributed by atoms with Crippen LogP contribution in [0.5, 0.6) is 11.5 Å². The number of hydrogen-bond acceptors (Lipinski definition) is 4. The van der Waals surface area contributed by atoms with Crippen molar-refractivity contribution in [3.8, 4) is 11.5 Å². The predicted octanol–water partition coefficient (Wildman–Crippen LogP) is 3.37. The Kier molecular flexibility index (Phi) is 3.52. The normalized spacial score (nSPS) is 17.0. The summed E-state index contributed by atoms with van der Waals surface area (Å²) in [7, 11) is 0. The van der Waals surface area contributed by atoms with E-state index in [1.54, 1.807) is 18.2 Å². The minimum Gasteiger partial charge on any atom is -0.494 e. The van der Waals surface area contributed by atoms with Crippen LogP contribution in [0.1, 0.15) is 35.4 Å². The molecule has 0 amide bonds. The first-order valence-corrected chi connectivity index (χ1v) is 6.99. The molecule has 4 nitrogen and oxygen atoms in total. The van der Waals surface area contributed by atoms with Gasteiger partial charge in [-0.3, -0.25) is 4.79 Å². The van der Waals surface area contributed by atoms with E-state index in [4.69, 9.17) is 15.2 Å². The molecule has 1 atom stereocenters.